The molecular formula is C14H25NO3. The van der Waals surface area contributed by atoms with Gasteiger partial charge in [-0.25, -0.2) is 0 Å². The Hall–Kier alpha value is -0.610. The predicted octanol–water partition coefficient (Wildman–Crippen LogP) is 2.13. The minimum atomic E-state index is -0.620. The average molecular weight is 255 g/mol. The van der Waals surface area contributed by atoms with Gasteiger partial charge in [-0.15, -0.1) is 0 Å². The standard InChI is InChI=1S/C14H25NO3/c1-9(8-14(2,3)18-4)15-10-5-6-12(15)11(7-10)13(16)17/h9-12H,5-8H2,1-4H3,(H,16,17). The quantitative estimate of drug-likeness (QED) is 0.817. The lowest BCUT2D eigenvalue weighted by Gasteiger charge is -2.35. The first-order chi connectivity index (χ1) is 8.35. The fourth-order valence-corrected chi connectivity index (χ4v) is 3.88. The molecular weight excluding hydrogens is 230 g/mol. The molecule has 0 radical (unpaired) electrons. The summed E-state index contributed by atoms with van der Waals surface area (Å²) in [6.45, 7) is 6.39. The molecule has 2 saturated heterocycles. The van der Waals surface area contributed by atoms with E-state index in [9.17, 15) is 9.90 Å². The molecule has 0 amide bonds. The van der Waals surface area contributed by atoms with Gasteiger partial charge in [0.15, 0.2) is 0 Å². The molecule has 0 saturated carbocycles. The summed E-state index contributed by atoms with van der Waals surface area (Å²) in [7, 11) is 1.74. The smallest absolute Gasteiger partial charge is 0.308 e. The lowest BCUT2D eigenvalue weighted by atomic mass is 9.89. The molecule has 0 aromatic rings. The Bertz CT molecular complexity index is 329. The molecule has 2 aliphatic rings. The summed E-state index contributed by atoms with van der Waals surface area (Å²) < 4.78 is 5.49. The third-order valence-corrected chi connectivity index (χ3v) is 4.76. The van der Waals surface area contributed by atoms with Gasteiger partial charge in [-0.1, -0.05) is 0 Å². The Morgan fingerprint density at radius 2 is 2.17 bits per heavy atom. The summed E-state index contributed by atoms with van der Waals surface area (Å²) in [4.78, 5) is 13.7. The lowest BCUT2D eigenvalue weighted by Crippen LogP contribution is -2.43. The normalized spacial score (nSPS) is 33.9. The lowest BCUT2D eigenvalue weighted by molar-refractivity contribution is -0.142. The van der Waals surface area contributed by atoms with Gasteiger partial charge in [0.1, 0.15) is 0 Å². The van der Waals surface area contributed by atoms with Crippen LogP contribution < -0.4 is 0 Å². The van der Waals surface area contributed by atoms with Gasteiger partial charge in [0.05, 0.1) is 11.5 Å². The highest BCUT2D eigenvalue weighted by atomic mass is 16.5. The van der Waals surface area contributed by atoms with E-state index in [1.165, 1.54) is 0 Å². The molecule has 4 unspecified atom stereocenters. The van der Waals surface area contributed by atoms with Crippen molar-refractivity contribution in [1.29, 1.82) is 0 Å². The van der Waals surface area contributed by atoms with E-state index in [0.29, 0.717) is 12.1 Å². The zero-order chi connectivity index (χ0) is 13.5. The number of fused-ring (bicyclic) bond motifs is 2. The van der Waals surface area contributed by atoms with Crippen LogP contribution in [0, 0.1) is 5.92 Å². The summed E-state index contributed by atoms with van der Waals surface area (Å²) in [5.74, 6) is -0.776. The Morgan fingerprint density at radius 3 is 2.67 bits per heavy atom. The van der Waals surface area contributed by atoms with Gasteiger partial charge in [-0.3, -0.25) is 9.69 Å². The number of carboxylic acid groups (broad SMARTS) is 1. The number of methoxy groups -OCH3 is 1. The highest BCUT2D eigenvalue weighted by Gasteiger charge is 2.51. The second kappa shape index (κ2) is 4.82. The Kier molecular flexibility index (Phi) is 3.70. The molecule has 4 nitrogen and oxygen atoms in total. The van der Waals surface area contributed by atoms with Crippen LogP contribution in [-0.2, 0) is 9.53 Å². The first-order valence-corrected chi connectivity index (χ1v) is 6.91. The summed E-state index contributed by atoms with van der Waals surface area (Å²) in [5.41, 5.74) is -0.139. The van der Waals surface area contributed by atoms with Gasteiger partial charge in [0, 0.05) is 25.2 Å². The van der Waals surface area contributed by atoms with Crippen molar-refractivity contribution in [3.63, 3.8) is 0 Å². The number of nitrogens with zero attached hydrogens (tertiary/aromatic N) is 1. The van der Waals surface area contributed by atoms with Gasteiger partial charge in [-0.2, -0.15) is 0 Å². The van der Waals surface area contributed by atoms with Crippen molar-refractivity contribution >= 4 is 5.97 Å². The molecule has 2 rings (SSSR count). The van der Waals surface area contributed by atoms with E-state index in [4.69, 9.17) is 4.74 Å². The number of carbonyl (C=O) groups is 1. The van der Waals surface area contributed by atoms with Crippen LogP contribution in [0.1, 0.15) is 46.5 Å². The van der Waals surface area contributed by atoms with Crippen molar-refractivity contribution < 1.29 is 14.6 Å². The molecule has 2 fully saturated rings. The highest BCUT2D eigenvalue weighted by Crippen LogP contribution is 2.44. The predicted molar refractivity (Wildman–Crippen MR) is 69.6 cm³/mol. The fourth-order valence-electron chi connectivity index (χ4n) is 3.88. The van der Waals surface area contributed by atoms with E-state index in [-0.39, 0.29) is 17.6 Å². The zero-order valence-corrected chi connectivity index (χ0v) is 11.8. The van der Waals surface area contributed by atoms with E-state index in [2.05, 4.69) is 25.7 Å². The van der Waals surface area contributed by atoms with Crippen molar-refractivity contribution in [2.45, 2.75) is 70.2 Å². The molecule has 0 aliphatic carbocycles. The number of aliphatic carboxylic acids is 1. The van der Waals surface area contributed by atoms with Crippen LogP contribution in [0.15, 0.2) is 0 Å². The first-order valence-electron chi connectivity index (χ1n) is 6.91. The number of hydrogen-bond donors (Lipinski definition) is 1. The van der Waals surface area contributed by atoms with Gasteiger partial charge < -0.3 is 9.84 Å². The molecule has 2 aliphatic heterocycles. The fraction of sp³-hybridized carbons (Fsp3) is 0.929. The van der Waals surface area contributed by atoms with Gasteiger partial charge in [0.2, 0.25) is 0 Å². The molecule has 1 N–H and O–H groups in total. The minimum Gasteiger partial charge on any atom is -0.481 e. The molecule has 18 heavy (non-hydrogen) atoms. The molecule has 4 heteroatoms. The Labute approximate surface area is 109 Å². The molecule has 104 valence electrons. The second-order valence-electron chi connectivity index (χ2n) is 6.44. The van der Waals surface area contributed by atoms with Crippen LogP contribution in [0.4, 0.5) is 0 Å². The number of ether oxygens (including phenoxy) is 1. The Balaban J connectivity index is 2.04. The Morgan fingerprint density at radius 1 is 1.50 bits per heavy atom. The molecule has 2 bridgehead atoms. The molecule has 4 atom stereocenters. The van der Waals surface area contributed by atoms with Gasteiger partial charge >= 0.3 is 5.97 Å². The summed E-state index contributed by atoms with van der Waals surface area (Å²) in [6, 6.07) is 1.11. The van der Waals surface area contributed by atoms with E-state index in [1.807, 2.05) is 0 Å². The van der Waals surface area contributed by atoms with Crippen LogP contribution in [0.5, 0.6) is 0 Å². The zero-order valence-electron chi connectivity index (χ0n) is 11.8. The summed E-state index contributed by atoms with van der Waals surface area (Å²) in [5, 5.41) is 9.26. The van der Waals surface area contributed by atoms with E-state index in [1.54, 1.807) is 7.11 Å². The minimum absolute atomic E-state index is 0.139. The summed E-state index contributed by atoms with van der Waals surface area (Å²) >= 11 is 0. The second-order valence-corrected chi connectivity index (χ2v) is 6.44. The maximum Gasteiger partial charge on any atom is 0.308 e. The molecule has 0 aromatic carbocycles. The summed E-state index contributed by atoms with van der Waals surface area (Å²) in [6.07, 6.45) is 3.98. The maximum atomic E-state index is 11.2. The van der Waals surface area contributed by atoms with E-state index < -0.39 is 5.97 Å². The topological polar surface area (TPSA) is 49.8 Å². The van der Waals surface area contributed by atoms with Crippen molar-refractivity contribution in [1.82, 2.24) is 4.90 Å². The third kappa shape index (κ3) is 2.41. The van der Waals surface area contributed by atoms with Crippen LogP contribution in [0.2, 0.25) is 0 Å². The number of carboxylic acids is 1. The molecule has 0 spiro atoms. The molecule has 2 heterocycles. The van der Waals surface area contributed by atoms with E-state index in [0.717, 1.165) is 25.7 Å². The number of rotatable bonds is 5. The van der Waals surface area contributed by atoms with Gasteiger partial charge in [-0.05, 0) is 46.5 Å². The third-order valence-electron chi connectivity index (χ3n) is 4.76. The maximum absolute atomic E-state index is 11.2. The van der Waals surface area contributed by atoms with Crippen molar-refractivity contribution in [3.8, 4) is 0 Å². The molecule has 0 aromatic heterocycles. The van der Waals surface area contributed by atoms with Crippen molar-refractivity contribution in [2.24, 2.45) is 5.92 Å². The van der Waals surface area contributed by atoms with Crippen LogP contribution in [0.25, 0.3) is 0 Å². The van der Waals surface area contributed by atoms with Crippen LogP contribution >= 0.6 is 0 Å². The van der Waals surface area contributed by atoms with Crippen molar-refractivity contribution in [3.05, 3.63) is 0 Å². The highest BCUT2D eigenvalue weighted by molar-refractivity contribution is 5.71. The number of hydrogen-bond acceptors (Lipinski definition) is 3. The monoisotopic (exact) mass is 255 g/mol. The van der Waals surface area contributed by atoms with Crippen molar-refractivity contribution in [2.75, 3.05) is 7.11 Å². The van der Waals surface area contributed by atoms with Gasteiger partial charge in [0.25, 0.3) is 0 Å². The average Bonchev–Trinajstić information content (AvgIpc) is 2.85. The van der Waals surface area contributed by atoms with Crippen LogP contribution in [0.3, 0.4) is 0 Å². The largest absolute Gasteiger partial charge is 0.481 e. The van der Waals surface area contributed by atoms with Crippen LogP contribution in [-0.4, -0.2) is 46.8 Å². The first kappa shape index (κ1) is 13.8. The SMILES string of the molecule is COC(C)(C)CC(C)N1C2CCC1C(C(=O)O)C2. The van der Waals surface area contributed by atoms with E-state index >= 15 is 0 Å².